The Bertz CT molecular complexity index is 1210. The number of rotatable bonds is 5. The molecule has 0 unspecified atom stereocenters. The lowest BCUT2D eigenvalue weighted by atomic mass is 9.98. The molecule has 4 heteroatoms. The number of hydrogen-bond acceptors (Lipinski definition) is 4. The molecule has 1 fully saturated rings. The summed E-state index contributed by atoms with van der Waals surface area (Å²) < 4.78 is 0. The zero-order valence-electron chi connectivity index (χ0n) is 17.5. The van der Waals surface area contributed by atoms with E-state index in [9.17, 15) is 4.79 Å². The number of piperidine rings is 1. The predicted octanol–water partition coefficient (Wildman–Crippen LogP) is 5.71. The van der Waals surface area contributed by atoms with E-state index in [0.29, 0.717) is 6.42 Å². The molecule has 0 aliphatic carbocycles. The van der Waals surface area contributed by atoms with E-state index >= 15 is 0 Å². The summed E-state index contributed by atoms with van der Waals surface area (Å²) in [4.78, 5) is 24.6. The Morgan fingerprint density at radius 3 is 2.45 bits per heavy atom. The molecule has 31 heavy (non-hydrogen) atoms. The zero-order valence-corrected chi connectivity index (χ0v) is 17.5. The third-order valence-corrected chi connectivity index (χ3v) is 5.93. The Morgan fingerprint density at radius 1 is 0.806 bits per heavy atom. The van der Waals surface area contributed by atoms with Crippen molar-refractivity contribution < 1.29 is 4.79 Å². The molecule has 0 amide bonds. The van der Waals surface area contributed by atoms with Gasteiger partial charge in [-0.3, -0.25) is 9.78 Å². The molecule has 1 saturated heterocycles. The van der Waals surface area contributed by atoms with Gasteiger partial charge in [0.1, 0.15) is 5.82 Å². The van der Waals surface area contributed by atoms with E-state index in [-0.39, 0.29) is 5.78 Å². The Kier molecular flexibility index (Phi) is 5.44. The molecule has 4 nitrogen and oxygen atoms in total. The smallest absolute Gasteiger partial charge is 0.167 e. The van der Waals surface area contributed by atoms with Gasteiger partial charge in [0.15, 0.2) is 5.78 Å². The van der Waals surface area contributed by atoms with Gasteiger partial charge in [0.25, 0.3) is 0 Å². The molecule has 0 saturated carbocycles. The fourth-order valence-corrected chi connectivity index (χ4v) is 4.21. The van der Waals surface area contributed by atoms with Gasteiger partial charge in [-0.05, 0) is 54.2 Å². The predicted molar refractivity (Wildman–Crippen MR) is 126 cm³/mol. The molecule has 154 valence electrons. The summed E-state index contributed by atoms with van der Waals surface area (Å²) in [5.41, 5.74) is 5.61. The van der Waals surface area contributed by atoms with Crippen molar-refractivity contribution >= 4 is 22.6 Å². The van der Waals surface area contributed by atoms with Crippen molar-refractivity contribution in [2.24, 2.45) is 0 Å². The standard InChI is InChI=1S/C27H25N3O/c31-26(16-20-8-3-1-4-9-20)23-11-7-10-21(17-23)22-12-13-24-25(18-22)29-27(19-28-24)30-14-5-2-6-15-30/h1,3-4,7-13,17-19H,2,5-6,14-16H2. The minimum atomic E-state index is 0.126. The Hall–Kier alpha value is -3.53. The zero-order chi connectivity index (χ0) is 21.0. The summed E-state index contributed by atoms with van der Waals surface area (Å²) in [5.74, 6) is 1.08. The maximum atomic E-state index is 12.8. The van der Waals surface area contributed by atoms with Gasteiger partial charge in [-0.25, -0.2) is 4.98 Å². The summed E-state index contributed by atoms with van der Waals surface area (Å²) in [5, 5.41) is 0. The molecule has 2 heterocycles. The first kappa shape index (κ1) is 19.4. The fourth-order valence-electron chi connectivity index (χ4n) is 4.21. The topological polar surface area (TPSA) is 46.1 Å². The number of aromatic nitrogens is 2. The minimum Gasteiger partial charge on any atom is -0.355 e. The van der Waals surface area contributed by atoms with Crippen molar-refractivity contribution in [3.8, 4) is 11.1 Å². The summed E-state index contributed by atoms with van der Waals surface area (Å²) in [6, 6.07) is 23.9. The molecular weight excluding hydrogens is 382 g/mol. The van der Waals surface area contributed by atoms with Crippen LogP contribution >= 0.6 is 0 Å². The number of carbonyl (C=O) groups is 1. The molecule has 3 aromatic carbocycles. The van der Waals surface area contributed by atoms with Crippen LogP contribution in [0.25, 0.3) is 22.2 Å². The Balaban J connectivity index is 1.43. The second kappa shape index (κ2) is 8.68. The summed E-state index contributed by atoms with van der Waals surface area (Å²) in [6.45, 7) is 2.09. The summed E-state index contributed by atoms with van der Waals surface area (Å²) >= 11 is 0. The molecule has 0 atom stereocenters. The van der Waals surface area contributed by atoms with Crippen molar-refractivity contribution in [3.63, 3.8) is 0 Å². The number of Topliss-reactive ketones (excluding diaryl/α,β-unsaturated/α-hetero) is 1. The highest BCUT2D eigenvalue weighted by Crippen LogP contribution is 2.26. The van der Waals surface area contributed by atoms with Crippen molar-refractivity contribution in [2.75, 3.05) is 18.0 Å². The van der Waals surface area contributed by atoms with E-state index in [1.54, 1.807) is 0 Å². The SMILES string of the molecule is O=C(Cc1ccccc1)c1cccc(-c2ccc3ncc(N4CCCCC4)nc3c2)c1. The van der Waals surface area contributed by atoms with Crippen LogP contribution in [0.1, 0.15) is 35.2 Å². The van der Waals surface area contributed by atoms with E-state index < -0.39 is 0 Å². The van der Waals surface area contributed by atoms with Gasteiger partial charge >= 0.3 is 0 Å². The second-order valence-corrected chi connectivity index (χ2v) is 8.15. The number of fused-ring (bicyclic) bond motifs is 1. The summed E-state index contributed by atoms with van der Waals surface area (Å²) in [7, 11) is 0. The van der Waals surface area contributed by atoms with E-state index in [1.165, 1.54) is 19.3 Å². The number of benzene rings is 3. The van der Waals surface area contributed by atoms with Crippen LogP contribution in [0.4, 0.5) is 5.82 Å². The summed E-state index contributed by atoms with van der Waals surface area (Å²) in [6.07, 6.45) is 6.01. The van der Waals surface area contributed by atoms with E-state index in [0.717, 1.165) is 52.2 Å². The fraction of sp³-hybridized carbons (Fsp3) is 0.222. The van der Waals surface area contributed by atoms with E-state index in [2.05, 4.69) is 22.0 Å². The largest absolute Gasteiger partial charge is 0.355 e. The molecule has 0 N–H and O–H groups in total. The van der Waals surface area contributed by atoms with Crippen LogP contribution in [-0.2, 0) is 6.42 Å². The minimum absolute atomic E-state index is 0.126. The molecule has 4 aromatic rings. The van der Waals surface area contributed by atoms with Crippen LogP contribution in [0.5, 0.6) is 0 Å². The molecular formula is C27H25N3O. The van der Waals surface area contributed by atoms with Crippen LogP contribution in [0, 0.1) is 0 Å². The van der Waals surface area contributed by atoms with Crippen LogP contribution in [0.2, 0.25) is 0 Å². The van der Waals surface area contributed by atoms with Gasteiger partial charge in [-0.1, -0.05) is 54.6 Å². The highest BCUT2D eigenvalue weighted by molar-refractivity contribution is 5.98. The average Bonchev–Trinajstić information content (AvgIpc) is 2.84. The van der Waals surface area contributed by atoms with Crippen molar-refractivity contribution in [3.05, 3.63) is 90.1 Å². The van der Waals surface area contributed by atoms with Crippen molar-refractivity contribution in [1.82, 2.24) is 9.97 Å². The average molecular weight is 408 g/mol. The second-order valence-electron chi connectivity index (χ2n) is 8.15. The monoisotopic (exact) mass is 407 g/mol. The highest BCUT2D eigenvalue weighted by Gasteiger charge is 2.14. The number of ketones is 1. The number of hydrogen-bond donors (Lipinski definition) is 0. The van der Waals surface area contributed by atoms with E-state index in [1.807, 2.05) is 66.9 Å². The highest BCUT2D eigenvalue weighted by atomic mass is 16.1. The normalized spacial score (nSPS) is 14.0. The van der Waals surface area contributed by atoms with Gasteiger partial charge in [-0.15, -0.1) is 0 Å². The molecule has 0 radical (unpaired) electrons. The van der Waals surface area contributed by atoms with Crippen molar-refractivity contribution in [2.45, 2.75) is 25.7 Å². The van der Waals surface area contributed by atoms with Gasteiger partial charge in [0.2, 0.25) is 0 Å². The quantitative estimate of drug-likeness (QED) is 0.397. The maximum Gasteiger partial charge on any atom is 0.167 e. The molecule has 1 aromatic heterocycles. The van der Waals surface area contributed by atoms with E-state index in [4.69, 9.17) is 4.98 Å². The van der Waals surface area contributed by atoms with Gasteiger partial charge < -0.3 is 4.90 Å². The lowest BCUT2D eigenvalue weighted by molar-refractivity contribution is 0.0993. The maximum absolute atomic E-state index is 12.8. The molecule has 1 aliphatic heterocycles. The lowest BCUT2D eigenvalue weighted by Crippen LogP contribution is -2.30. The first-order chi connectivity index (χ1) is 15.3. The Labute approximate surface area is 182 Å². The van der Waals surface area contributed by atoms with Gasteiger partial charge in [-0.2, -0.15) is 0 Å². The van der Waals surface area contributed by atoms with Crippen LogP contribution in [0.3, 0.4) is 0 Å². The first-order valence-corrected chi connectivity index (χ1v) is 11.0. The number of nitrogens with zero attached hydrogens (tertiary/aromatic N) is 3. The van der Waals surface area contributed by atoms with Gasteiger partial charge in [0, 0.05) is 25.1 Å². The lowest BCUT2D eigenvalue weighted by Gasteiger charge is -2.27. The van der Waals surface area contributed by atoms with Gasteiger partial charge in [0.05, 0.1) is 17.2 Å². The molecule has 0 bridgehead atoms. The third kappa shape index (κ3) is 4.33. The molecule has 0 spiro atoms. The van der Waals surface area contributed by atoms with Crippen LogP contribution in [-0.4, -0.2) is 28.8 Å². The van der Waals surface area contributed by atoms with Crippen LogP contribution in [0.15, 0.2) is 79.0 Å². The first-order valence-electron chi connectivity index (χ1n) is 11.0. The molecule has 5 rings (SSSR count). The number of carbonyl (C=O) groups excluding carboxylic acids is 1. The van der Waals surface area contributed by atoms with Crippen molar-refractivity contribution in [1.29, 1.82) is 0 Å². The Morgan fingerprint density at radius 2 is 1.61 bits per heavy atom. The molecule has 1 aliphatic rings. The third-order valence-electron chi connectivity index (χ3n) is 5.93. The number of anilines is 1. The van der Waals surface area contributed by atoms with Crippen LogP contribution < -0.4 is 4.90 Å².